The van der Waals surface area contributed by atoms with Gasteiger partial charge in [-0.05, 0) is 29.5 Å². The number of carbonyl (C=O) groups is 1. The van der Waals surface area contributed by atoms with Crippen molar-refractivity contribution in [1.82, 2.24) is 0 Å². The molecule has 4 heteroatoms. The van der Waals surface area contributed by atoms with Gasteiger partial charge in [-0.15, -0.1) is 0 Å². The summed E-state index contributed by atoms with van der Waals surface area (Å²) in [4.78, 5) is 11.4. The van der Waals surface area contributed by atoms with Crippen LogP contribution in [0.4, 0.5) is 0 Å². The number of benzene rings is 2. The Bertz CT molecular complexity index is 620. The van der Waals surface area contributed by atoms with Crippen LogP contribution in [0.2, 0.25) is 0 Å². The molecule has 0 aliphatic rings. The maximum Gasteiger partial charge on any atom is 0.252 e. The van der Waals surface area contributed by atoms with Gasteiger partial charge in [-0.25, -0.2) is 0 Å². The van der Waals surface area contributed by atoms with Crippen molar-refractivity contribution in [3.63, 3.8) is 0 Å². The summed E-state index contributed by atoms with van der Waals surface area (Å²) >= 11 is 0. The van der Waals surface area contributed by atoms with Crippen LogP contribution in [0.1, 0.15) is 29.3 Å². The van der Waals surface area contributed by atoms with E-state index in [2.05, 4.69) is 0 Å². The molecule has 0 fully saturated rings. The lowest BCUT2D eigenvalue weighted by Gasteiger charge is -2.13. The van der Waals surface area contributed by atoms with Gasteiger partial charge in [0.1, 0.15) is 11.5 Å². The molecule has 4 nitrogen and oxygen atoms in total. The zero-order valence-corrected chi connectivity index (χ0v) is 10.1. The molecule has 0 saturated heterocycles. The number of nitrogens with two attached hydrogens (primary N) is 1. The maximum atomic E-state index is 11.4. The minimum atomic E-state index is -0.652. The third kappa shape index (κ3) is 1.86. The summed E-state index contributed by atoms with van der Waals surface area (Å²) < 4.78 is 0. The zero-order valence-electron chi connectivity index (χ0n) is 10.1. The van der Waals surface area contributed by atoms with Crippen LogP contribution in [0, 0.1) is 0 Å². The summed E-state index contributed by atoms with van der Waals surface area (Å²) in [6, 6.07) is 6.44. The molecule has 0 atom stereocenters. The quantitative estimate of drug-likeness (QED) is 0.775. The fourth-order valence-electron chi connectivity index (χ4n) is 2.25. The first kappa shape index (κ1) is 12.2. The van der Waals surface area contributed by atoms with Crippen molar-refractivity contribution in [3.05, 3.63) is 35.4 Å². The molecule has 0 spiro atoms. The molecule has 18 heavy (non-hydrogen) atoms. The lowest BCUT2D eigenvalue weighted by molar-refractivity contribution is 0.0997. The van der Waals surface area contributed by atoms with E-state index in [0.717, 1.165) is 11.8 Å². The molecule has 0 saturated carbocycles. The highest BCUT2D eigenvalue weighted by atomic mass is 16.3. The topological polar surface area (TPSA) is 83.6 Å². The molecular formula is C14H15NO3. The molecule has 4 N–H and O–H groups in total. The first-order valence-electron chi connectivity index (χ1n) is 5.82. The standard InChI is InChI=1S/C14H15NO3/c1-2-4-9-8-5-3-6-11(16)10(8)7-12(17)13(9)14(15)18/h3,5-7,16-17H,2,4H2,1H3,(H2,15,18). The van der Waals surface area contributed by atoms with E-state index in [0.29, 0.717) is 17.4 Å². The third-order valence-electron chi connectivity index (χ3n) is 2.99. The minimum absolute atomic E-state index is 0.0798. The molecule has 0 aliphatic carbocycles. The van der Waals surface area contributed by atoms with E-state index in [1.807, 2.05) is 13.0 Å². The molecule has 0 bridgehead atoms. The summed E-state index contributed by atoms with van der Waals surface area (Å²) in [7, 11) is 0. The number of hydrogen-bond donors (Lipinski definition) is 3. The Balaban J connectivity index is 2.89. The Kier molecular flexibility index (Phi) is 3.10. The van der Waals surface area contributed by atoms with E-state index in [1.165, 1.54) is 6.07 Å². The molecule has 0 unspecified atom stereocenters. The van der Waals surface area contributed by atoms with Crippen LogP contribution in [0.3, 0.4) is 0 Å². The van der Waals surface area contributed by atoms with Gasteiger partial charge in [0.25, 0.3) is 5.91 Å². The fraction of sp³-hybridized carbons (Fsp3) is 0.214. The van der Waals surface area contributed by atoms with Gasteiger partial charge in [0.05, 0.1) is 5.56 Å². The first-order valence-corrected chi connectivity index (χ1v) is 5.82. The molecule has 94 valence electrons. The summed E-state index contributed by atoms with van der Waals surface area (Å²) in [6.07, 6.45) is 1.43. The highest BCUT2D eigenvalue weighted by Gasteiger charge is 2.17. The summed E-state index contributed by atoms with van der Waals surface area (Å²) in [5.74, 6) is -0.752. The number of aromatic hydroxyl groups is 2. The lowest BCUT2D eigenvalue weighted by atomic mass is 9.94. The Labute approximate surface area is 105 Å². The van der Waals surface area contributed by atoms with E-state index in [4.69, 9.17) is 5.73 Å². The van der Waals surface area contributed by atoms with Crippen molar-refractivity contribution in [2.45, 2.75) is 19.8 Å². The predicted molar refractivity (Wildman–Crippen MR) is 69.8 cm³/mol. The van der Waals surface area contributed by atoms with E-state index < -0.39 is 5.91 Å². The van der Waals surface area contributed by atoms with Crippen molar-refractivity contribution >= 4 is 16.7 Å². The number of phenols is 2. The molecule has 0 aromatic heterocycles. The molecule has 0 aliphatic heterocycles. The van der Waals surface area contributed by atoms with Gasteiger partial charge < -0.3 is 15.9 Å². The Morgan fingerprint density at radius 3 is 2.56 bits per heavy atom. The van der Waals surface area contributed by atoms with Gasteiger partial charge in [-0.2, -0.15) is 0 Å². The Hall–Kier alpha value is -2.23. The normalized spacial score (nSPS) is 10.7. The summed E-state index contributed by atoms with van der Waals surface area (Å²) in [5, 5.41) is 21.0. The molecule has 2 rings (SSSR count). The number of fused-ring (bicyclic) bond motifs is 1. The van der Waals surface area contributed by atoms with Crippen molar-refractivity contribution < 1.29 is 15.0 Å². The minimum Gasteiger partial charge on any atom is -0.507 e. The van der Waals surface area contributed by atoms with E-state index >= 15 is 0 Å². The molecular weight excluding hydrogens is 230 g/mol. The number of carbonyl (C=O) groups excluding carboxylic acids is 1. The summed E-state index contributed by atoms with van der Waals surface area (Å²) in [5.41, 5.74) is 6.15. The average Bonchev–Trinajstić information content (AvgIpc) is 2.30. The third-order valence-corrected chi connectivity index (χ3v) is 2.99. The number of hydrogen-bond acceptors (Lipinski definition) is 3. The number of aryl methyl sites for hydroxylation is 1. The molecule has 1 amide bonds. The van der Waals surface area contributed by atoms with Crippen molar-refractivity contribution in [1.29, 1.82) is 0 Å². The first-order chi connectivity index (χ1) is 8.56. The summed E-state index contributed by atoms with van der Waals surface area (Å²) in [6.45, 7) is 1.98. The molecule has 0 heterocycles. The van der Waals surface area contributed by atoms with Gasteiger partial charge >= 0.3 is 0 Å². The van der Waals surface area contributed by atoms with E-state index in [-0.39, 0.29) is 17.1 Å². The van der Waals surface area contributed by atoms with Crippen LogP contribution in [-0.4, -0.2) is 16.1 Å². The average molecular weight is 245 g/mol. The Morgan fingerprint density at radius 1 is 1.22 bits per heavy atom. The second kappa shape index (κ2) is 4.56. The van der Waals surface area contributed by atoms with E-state index in [9.17, 15) is 15.0 Å². The van der Waals surface area contributed by atoms with Gasteiger partial charge in [0, 0.05) is 5.39 Å². The predicted octanol–water partition coefficient (Wildman–Crippen LogP) is 2.30. The van der Waals surface area contributed by atoms with Crippen LogP contribution >= 0.6 is 0 Å². The van der Waals surface area contributed by atoms with Gasteiger partial charge in [-0.1, -0.05) is 25.5 Å². The number of phenolic OH excluding ortho intramolecular Hbond substituents is 1. The monoisotopic (exact) mass is 245 g/mol. The second-order valence-electron chi connectivity index (χ2n) is 4.24. The maximum absolute atomic E-state index is 11.4. The largest absolute Gasteiger partial charge is 0.507 e. The van der Waals surface area contributed by atoms with Gasteiger partial charge in [0.2, 0.25) is 0 Å². The van der Waals surface area contributed by atoms with Gasteiger partial charge in [-0.3, -0.25) is 4.79 Å². The fourth-order valence-corrected chi connectivity index (χ4v) is 2.25. The lowest BCUT2D eigenvalue weighted by Crippen LogP contribution is -2.14. The van der Waals surface area contributed by atoms with Crippen molar-refractivity contribution in [2.24, 2.45) is 5.73 Å². The zero-order chi connectivity index (χ0) is 13.3. The van der Waals surface area contributed by atoms with Crippen LogP contribution in [0.5, 0.6) is 11.5 Å². The SMILES string of the molecule is CCCc1c(C(N)=O)c(O)cc2c(O)cccc12. The van der Waals surface area contributed by atoms with E-state index in [1.54, 1.807) is 12.1 Å². The smallest absolute Gasteiger partial charge is 0.252 e. The number of rotatable bonds is 3. The second-order valence-corrected chi connectivity index (χ2v) is 4.24. The molecule has 2 aromatic rings. The highest BCUT2D eigenvalue weighted by molar-refractivity contribution is 6.04. The number of primary amides is 1. The highest BCUT2D eigenvalue weighted by Crippen LogP contribution is 2.35. The van der Waals surface area contributed by atoms with Crippen LogP contribution < -0.4 is 5.73 Å². The van der Waals surface area contributed by atoms with Crippen molar-refractivity contribution in [3.8, 4) is 11.5 Å². The number of amides is 1. The molecule has 0 radical (unpaired) electrons. The van der Waals surface area contributed by atoms with Crippen LogP contribution in [0.25, 0.3) is 10.8 Å². The van der Waals surface area contributed by atoms with Crippen molar-refractivity contribution in [2.75, 3.05) is 0 Å². The Morgan fingerprint density at radius 2 is 1.94 bits per heavy atom. The van der Waals surface area contributed by atoms with Gasteiger partial charge in [0.15, 0.2) is 0 Å². The molecule has 2 aromatic carbocycles. The van der Waals surface area contributed by atoms with Crippen LogP contribution in [0.15, 0.2) is 24.3 Å². The van der Waals surface area contributed by atoms with Crippen LogP contribution in [-0.2, 0) is 6.42 Å².